The van der Waals surface area contributed by atoms with Crippen LogP contribution in [0.15, 0.2) is 30.3 Å². The highest BCUT2D eigenvalue weighted by Gasteiger charge is 2.27. The largest absolute Gasteiger partial charge is 0.368 e. The van der Waals surface area contributed by atoms with Crippen molar-refractivity contribution in [2.45, 2.75) is 18.9 Å². The van der Waals surface area contributed by atoms with E-state index in [9.17, 15) is 9.59 Å². The highest BCUT2D eigenvalue weighted by atomic mass is 16.2. The third kappa shape index (κ3) is 3.54. The molecule has 5 nitrogen and oxygen atoms in total. The van der Waals surface area contributed by atoms with Crippen molar-refractivity contribution in [1.29, 1.82) is 0 Å². The Hall–Kier alpha value is -1.88. The van der Waals surface area contributed by atoms with E-state index in [1.54, 1.807) is 17.0 Å². The highest BCUT2D eigenvalue weighted by molar-refractivity contribution is 5.96. The summed E-state index contributed by atoms with van der Waals surface area (Å²) in [5.74, 6) is -0.608. The number of nitrogens with zero attached hydrogens (tertiary/aromatic N) is 1. The Morgan fingerprint density at radius 1 is 1.32 bits per heavy atom. The summed E-state index contributed by atoms with van der Waals surface area (Å²) in [7, 11) is 0. The molecule has 1 aliphatic heterocycles. The number of piperidine rings is 1. The van der Waals surface area contributed by atoms with Gasteiger partial charge >= 0.3 is 0 Å². The second kappa shape index (κ2) is 6.33. The summed E-state index contributed by atoms with van der Waals surface area (Å²) in [4.78, 5) is 25.3. The van der Waals surface area contributed by atoms with Crippen molar-refractivity contribution in [3.05, 3.63) is 35.9 Å². The molecule has 5 heteroatoms. The Kier molecular flexibility index (Phi) is 4.52. The zero-order valence-corrected chi connectivity index (χ0v) is 10.8. The SMILES string of the molecule is NC(=O)CN(C(=O)c1ccccc1)C1CCCNC1. The first-order chi connectivity index (χ1) is 9.18. The van der Waals surface area contributed by atoms with Crippen LogP contribution < -0.4 is 11.1 Å². The van der Waals surface area contributed by atoms with Gasteiger partial charge in [-0.25, -0.2) is 0 Å². The smallest absolute Gasteiger partial charge is 0.254 e. The monoisotopic (exact) mass is 261 g/mol. The van der Waals surface area contributed by atoms with Crippen LogP contribution in [0.1, 0.15) is 23.2 Å². The van der Waals surface area contributed by atoms with Crippen molar-refractivity contribution in [2.75, 3.05) is 19.6 Å². The number of hydrogen-bond acceptors (Lipinski definition) is 3. The molecule has 1 aromatic rings. The summed E-state index contributed by atoms with van der Waals surface area (Å²) in [5.41, 5.74) is 5.85. The Balaban J connectivity index is 2.16. The predicted molar refractivity (Wildman–Crippen MR) is 72.6 cm³/mol. The first-order valence-corrected chi connectivity index (χ1v) is 6.53. The molecule has 0 aromatic heterocycles. The normalized spacial score (nSPS) is 18.8. The van der Waals surface area contributed by atoms with Crippen molar-refractivity contribution in [2.24, 2.45) is 5.73 Å². The molecule has 0 aliphatic carbocycles. The van der Waals surface area contributed by atoms with Gasteiger partial charge in [0.05, 0.1) is 6.54 Å². The summed E-state index contributed by atoms with van der Waals surface area (Å²) in [5, 5.41) is 3.25. The molecular formula is C14H19N3O2. The number of carbonyl (C=O) groups is 2. The van der Waals surface area contributed by atoms with Crippen LogP contribution in [0.5, 0.6) is 0 Å². The predicted octanol–water partition coefficient (Wildman–Crippen LogP) is 0.366. The first kappa shape index (κ1) is 13.5. The summed E-state index contributed by atoms with van der Waals surface area (Å²) in [6, 6.07) is 9.04. The van der Waals surface area contributed by atoms with Crippen LogP contribution >= 0.6 is 0 Å². The van der Waals surface area contributed by atoms with Crippen molar-refractivity contribution >= 4 is 11.8 Å². The van der Waals surface area contributed by atoms with Gasteiger partial charge in [-0.15, -0.1) is 0 Å². The maximum atomic E-state index is 12.5. The van der Waals surface area contributed by atoms with Gasteiger partial charge in [0, 0.05) is 18.2 Å². The number of hydrogen-bond donors (Lipinski definition) is 2. The van der Waals surface area contributed by atoms with E-state index in [1.807, 2.05) is 18.2 Å². The Bertz CT molecular complexity index is 441. The van der Waals surface area contributed by atoms with E-state index >= 15 is 0 Å². The number of benzene rings is 1. The number of rotatable bonds is 4. The van der Waals surface area contributed by atoms with Crippen LogP contribution in [0.25, 0.3) is 0 Å². The third-order valence-corrected chi connectivity index (χ3v) is 3.32. The van der Waals surface area contributed by atoms with Crippen molar-refractivity contribution < 1.29 is 9.59 Å². The number of primary amides is 1. The van der Waals surface area contributed by atoms with Gasteiger partial charge in [-0.1, -0.05) is 18.2 Å². The van der Waals surface area contributed by atoms with Crippen LogP contribution in [0.4, 0.5) is 0 Å². The molecule has 1 aliphatic rings. The van der Waals surface area contributed by atoms with Crippen LogP contribution in [0.3, 0.4) is 0 Å². The van der Waals surface area contributed by atoms with Gasteiger partial charge < -0.3 is 16.0 Å². The second-order valence-corrected chi connectivity index (χ2v) is 4.77. The van der Waals surface area contributed by atoms with Gasteiger partial charge in [0.25, 0.3) is 5.91 Å². The van der Waals surface area contributed by atoms with Gasteiger partial charge in [-0.3, -0.25) is 9.59 Å². The van der Waals surface area contributed by atoms with Gasteiger partial charge in [-0.05, 0) is 31.5 Å². The lowest BCUT2D eigenvalue weighted by Crippen LogP contribution is -2.51. The molecule has 0 bridgehead atoms. The molecule has 1 heterocycles. The fourth-order valence-corrected chi connectivity index (χ4v) is 2.38. The van der Waals surface area contributed by atoms with Crippen LogP contribution in [0, 0.1) is 0 Å². The zero-order valence-electron chi connectivity index (χ0n) is 10.8. The molecule has 1 aromatic carbocycles. The number of nitrogens with two attached hydrogens (primary N) is 1. The highest BCUT2D eigenvalue weighted by Crippen LogP contribution is 2.14. The molecule has 1 unspecified atom stereocenters. The van der Waals surface area contributed by atoms with Gasteiger partial charge in [0.15, 0.2) is 0 Å². The minimum absolute atomic E-state index is 0.0277. The topological polar surface area (TPSA) is 75.4 Å². The van der Waals surface area contributed by atoms with E-state index in [-0.39, 0.29) is 18.5 Å². The van der Waals surface area contributed by atoms with E-state index in [0.29, 0.717) is 12.1 Å². The number of amides is 2. The van der Waals surface area contributed by atoms with E-state index in [0.717, 1.165) is 19.4 Å². The first-order valence-electron chi connectivity index (χ1n) is 6.53. The Labute approximate surface area is 112 Å². The molecule has 0 radical (unpaired) electrons. The summed E-state index contributed by atoms with van der Waals surface area (Å²) < 4.78 is 0. The second-order valence-electron chi connectivity index (χ2n) is 4.77. The van der Waals surface area contributed by atoms with Crippen LogP contribution in [-0.2, 0) is 4.79 Å². The van der Waals surface area contributed by atoms with E-state index in [2.05, 4.69) is 5.32 Å². The van der Waals surface area contributed by atoms with E-state index < -0.39 is 5.91 Å². The fraction of sp³-hybridized carbons (Fsp3) is 0.429. The maximum absolute atomic E-state index is 12.5. The zero-order chi connectivity index (χ0) is 13.7. The number of carbonyl (C=O) groups excluding carboxylic acids is 2. The molecule has 0 saturated carbocycles. The van der Waals surface area contributed by atoms with E-state index in [4.69, 9.17) is 5.73 Å². The van der Waals surface area contributed by atoms with E-state index in [1.165, 1.54) is 0 Å². The fourth-order valence-electron chi connectivity index (χ4n) is 2.38. The molecule has 1 fully saturated rings. The van der Waals surface area contributed by atoms with Crippen LogP contribution in [-0.4, -0.2) is 42.4 Å². The molecule has 1 atom stereocenters. The standard InChI is InChI=1S/C14H19N3O2/c15-13(18)10-17(12-7-4-8-16-9-12)14(19)11-5-2-1-3-6-11/h1-3,5-6,12,16H,4,7-10H2,(H2,15,18). The average molecular weight is 261 g/mol. The molecular weight excluding hydrogens is 242 g/mol. The lowest BCUT2D eigenvalue weighted by Gasteiger charge is -2.34. The Morgan fingerprint density at radius 3 is 2.63 bits per heavy atom. The molecule has 2 amide bonds. The molecule has 102 valence electrons. The quantitative estimate of drug-likeness (QED) is 0.822. The van der Waals surface area contributed by atoms with Gasteiger partial charge in [0.2, 0.25) is 5.91 Å². The maximum Gasteiger partial charge on any atom is 0.254 e. The van der Waals surface area contributed by atoms with Gasteiger partial charge in [0.1, 0.15) is 0 Å². The van der Waals surface area contributed by atoms with Crippen LogP contribution in [0.2, 0.25) is 0 Å². The van der Waals surface area contributed by atoms with Gasteiger partial charge in [-0.2, -0.15) is 0 Å². The lowest BCUT2D eigenvalue weighted by molar-refractivity contribution is -0.119. The third-order valence-electron chi connectivity index (χ3n) is 3.32. The average Bonchev–Trinajstić information content (AvgIpc) is 2.46. The summed E-state index contributed by atoms with van der Waals surface area (Å²) in [6.07, 6.45) is 1.90. The Morgan fingerprint density at radius 2 is 2.05 bits per heavy atom. The minimum Gasteiger partial charge on any atom is -0.368 e. The minimum atomic E-state index is -0.477. The molecule has 19 heavy (non-hydrogen) atoms. The van der Waals surface area contributed by atoms with Crippen molar-refractivity contribution in [3.8, 4) is 0 Å². The molecule has 3 N–H and O–H groups in total. The van der Waals surface area contributed by atoms with Crippen molar-refractivity contribution in [1.82, 2.24) is 10.2 Å². The number of nitrogens with one attached hydrogen (secondary N) is 1. The molecule has 1 saturated heterocycles. The molecule has 2 rings (SSSR count). The summed E-state index contributed by atoms with van der Waals surface area (Å²) in [6.45, 7) is 1.65. The summed E-state index contributed by atoms with van der Waals surface area (Å²) >= 11 is 0. The van der Waals surface area contributed by atoms with Crippen molar-refractivity contribution in [3.63, 3.8) is 0 Å². The lowest BCUT2D eigenvalue weighted by atomic mass is 10.0. The molecule has 0 spiro atoms.